The van der Waals surface area contributed by atoms with Gasteiger partial charge in [-0.2, -0.15) is 5.26 Å². The van der Waals surface area contributed by atoms with Gasteiger partial charge < -0.3 is 9.88 Å². The lowest BCUT2D eigenvalue weighted by atomic mass is 9.96. The molecule has 2 aliphatic carbocycles. The molecule has 4 aromatic rings. The van der Waals surface area contributed by atoms with Crippen molar-refractivity contribution in [1.82, 2.24) is 25.1 Å². The third-order valence-electron chi connectivity index (χ3n) is 8.73. The number of nitrogens with one attached hydrogen (secondary N) is 1. The van der Waals surface area contributed by atoms with E-state index in [9.17, 15) is 10.1 Å². The summed E-state index contributed by atoms with van der Waals surface area (Å²) in [4.78, 5) is 20.6. The Bertz CT molecular complexity index is 1670. The summed E-state index contributed by atoms with van der Waals surface area (Å²) in [7, 11) is 1.89. The van der Waals surface area contributed by atoms with Gasteiger partial charge in [-0.3, -0.25) is 9.69 Å². The molecule has 1 aliphatic heterocycles. The number of hydrogen-bond donors (Lipinski definition) is 1. The van der Waals surface area contributed by atoms with E-state index in [1.807, 2.05) is 35.9 Å². The quantitative estimate of drug-likeness (QED) is 0.305. The molecule has 2 fully saturated rings. The van der Waals surface area contributed by atoms with Crippen LogP contribution in [0.25, 0.3) is 22.5 Å². The first-order valence-corrected chi connectivity index (χ1v) is 14.6. The molecule has 41 heavy (non-hydrogen) atoms. The van der Waals surface area contributed by atoms with Crippen molar-refractivity contribution in [2.24, 2.45) is 13.0 Å². The summed E-state index contributed by atoms with van der Waals surface area (Å²) in [5.74, 6) is 2.54. The fourth-order valence-electron chi connectivity index (χ4n) is 6.27. The van der Waals surface area contributed by atoms with Crippen molar-refractivity contribution < 1.29 is 4.79 Å². The highest BCUT2D eigenvalue weighted by atomic mass is 16.2. The Kier molecular flexibility index (Phi) is 6.60. The second-order valence-electron chi connectivity index (χ2n) is 11.7. The highest BCUT2D eigenvalue weighted by molar-refractivity contribution is 6.10. The fraction of sp³-hybridized carbons (Fsp3) is 0.364. The minimum absolute atomic E-state index is 0.00241. The van der Waals surface area contributed by atoms with Crippen LogP contribution in [0.2, 0.25) is 0 Å². The normalized spacial score (nSPS) is 16.8. The van der Waals surface area contributed by atoms with Crippen molar-refractivity contribution in [1.29, 1.82) is 5.26 Å². The van der Waals surface area contributed by atoms with Crippen LogP contribution < -0.4 is 10.2 Å². The number of rotatable bonds is 8. The van der Waals surface area contributed by atoms with E-state index >= 15 is 0 Å². The van der Waals surface area contributed by atoms with E-state index in [2.05, 4.69) is 45.8 Å². The molecule has 1 N–H and O–H groups in total. The average molecular weight is 544 g/mol. The lowest BCUT2D eigenvalue weighted by Crippen LogP contribution is -2.24. The van der Waals surface area contributed by atoms with Crippen LogP contribution in [0, 0.1) is 17.2 Å². The SMILES string of the molecule is Cn1cnnc1-c1cc(C#N)ccc1-c1cc(C2CC2)nc(N2Cc3ccc(CNCC4CCCC4)cc3C2=O)c1. The van der Waals surface area contributed by atoms with E-state index in [1.165, 1.54) is 25.7 Å². The molecule has 2 aromatic carbocycles. The molecule has 8 heteroatoms. The van der Waals surface area contributed by atoms with Gasteiger partial charge in [0.15, 0.2) is 5.82 Å². The van der Waals surface area contributed by atoms with Crippen LogP contribution in [-0.4, -0.2) is 32.2 Å². The smallest absolute Gasteiger partial charge is 0.260 e. The molecule has 0 spiro atoms. The molecular weight excluding hydrogens is 510 g/mol. The monoisotopic (exact) mass is 543 g/mol. The Hall–Kier alpha value is -4.35. The van der Waals surface area contributed by atoms with Gasteiger partial charge in [-0.15, -0.1) is 10.2 Å². The van der Waals surface area contributed by atoms with E-state index in [-0.39, 0.29) is 5.91 Å². The standard InChI is InChI=1S/C33H33N7O/c1-39-20-36-38-32(39)29-12-22(16-34)7-11-27(29)26-14-30(24-9-10-24)37-31(15-26)40-19-25-8-6-23(13-28(25)33(40)41)18-35-17-21-4-2-3-5-21/h6-8,11-15,20-21,24,35H,2-5,9-10,17-19H2,1H3. The van der Waals surface area contributed by atoms with E-state index < -0.39 is 0 Å². The molecule has 0 bridgehead atoms. The van der Waals surface area contributed by atoms with E-state index in [0.29, 0.717) is 29.7 Å². The number of carbonyl (C=O) groups is 1. The highest BCUT2D eigenvalue weighted by Crippen LogP contribution is 2.43. The van der Waals surface area contributed by atoms with Crippen molar-refractivity contribution in [3.63, 3.8) is 0 Å². The number of fused-ring (bicyclic) bond motifs is 1. The zero-order valence-corrected chi connectivity index (χ0v) is 23.3. The van der Waals surface area contributed by atoms with Crippen LogP contribution in [-0.2, 0) is 20.1 Å². The van der Waals surface area contributed by atoms with Crippen LogP contribution in [0.1, 0.15) is 77.2 Å². The Morgan fingerprint density at radius 3 is 2.61 bits per heavy atom. The van der Waals surface area contributed by atoms with Crippen LogP contribution in [0.5, 0.6) is 0 Å². The van der Waals surface area contributed by atoms with Crippen LogP contribution in [0.3, 0.4) is 0 Å². The summed E-state index contributed by atoms with van der Waals surface area (Å²) >= 11 is 0. The number of pyridine rings is 1. The van der Waals surface area contributed by atoms with Crippen LogP contribution in [0.4, 0.5) is 5.82 Å². The number of hydrogen-bond acceptors (Lipinski definition) is 6. The maximum absolute atomic E-state index is 13.8. The highest BCUT2D eigenvalue weighted by Gasteiger charge is 2.32. The minimum Gasteiger partial charge on any atom is -0.317 e. The summed E-state index contributed by atoms with van der Waals surface area (Å²) in [5.41, 5.74) is 7.23. The third kappa shape index (κ3) is 5.02. The van der Waals surface area contributed by atoms with Crippen molar-refractivity contribution in [2.75, 3.05) is 11.4 Å². The number of amides is 1. The average Bonchev–Trinajstić information content (AvgIpc) is 3.39. The Balaban J connectivity index is 1.20. The maximum atomic E-state index is 13.8. The molecular formula is C33H33N7O. The largest absolute Gasteiger partial charge is 0.317 e. The number of anilines is 1. The topological polar surface area (TPSA) is 99.7 Å². The molecule has 0 unspecified atom stereocenters. The number of carbonyl (C=O) groups excluding carboxylic acids is 1. The second-order valence-corrected chi connectivity index (χ2v) is 11.7. The molecule has 0 radical (unpaired) electrons. The van der Waals surface area contributed by atoms with Gasteiger partial charge in [-0.25, -0.2) is 4.98 Å². The van der Waals surface area contributed by atoms with Crippen LogP contribution in [0.15, 0.2) is 54.9 Å². The van der Waals surface area contributed by atoms with E-state index in [1.54, 1.807) is 11.2 Å². The van der Waals surface area contributed by atoms with Crippen LogP contribution >= 0.6 is 0 Å². The van der Waals surface area contributed by atoms with Crippen molar-refractivity contribution in [3.8, 4) is 28.6 Å². The van der Waals surface area contributed by atoms with Gasteiger partial charge in [0.2, 0.25) is 0 Å². The number of nitriles is 1. The lowest BCUT2D eigenvalue weighted by Gasteiger charge is -2.18. The first kappa shape index (κ1) is 25.6. The fourth-order valence-corrected chi connectivity index (χ4v) is 6.27. The van der Waals surface area contributed by atoms with Crippen molar-refractivity contribution in [3.05, 3.63) is 82.8 Å². The van der Waals surface area contributed by atoms with Gasteiger partial charge >= 0.3 is 0 Å². The molecule has 0 atom stereocenters. The molecule has 2 saturated carbocycles. The summed E-state index contributed by atoms with van der Waals surface area (Å²) in [6.45, 7) is 2.33. The predicted molar refractivity (Wildman–Crippen MR) is 157 cm³/mol. The molecule has 2 aromatic heterocycles. The number of aryl methyl sites for hydroxylation is 1. The summed E-state index contributed by atoms with van der Waals surface area (Å²) in [6.07, 6.45) is 9.20. The first-order chi connectivity index (χ1) is 20.1. The molecule has 7 rings (SSSR count). The molecule has 1 amide bonds. The predicted octanol–water partition coefficient (Wildman–Crippen LogP) is 5.73. The molecule has 3 heterocycles. The zero-order chi connectivity index (χ0) is 27.9. The van der Waals surface area contributed by atoms with Gasteiger partial charge in [-0.1, -0.05) is 31.0 Å². The van der Waals surface area contributed by atoms with Crippen molar-refractivity contribution in [2.45, 2.75) is 57.5 Å². The molecule has 0 saturated heterocycles. The summed E-state index contributed by atoms with van der Waals surface area (Å²) < 4.78 is 1.85. The van der Waals surface area contributed by atoms with Gasteiger partial charge in [0.1, 0.15) is 12.1 Å². The number of nitrogens with zero attached hydrogens (tertiary/aromatic N) is 6. The Labute approximate surface area is 240 Å². The molecule has 206 valence electrons. The van der Waals surface area contributed by atoms with Gasteiger partial charge in [-0.05, 0) is 90.7 Å². The van der Waals surface area contributed by atoms with Gasteiger partial charge in [0.25, 0.3) is 5.91 Å². The molecule has 3 aliphatic rings. The zero-order valence-electron chi connectivity index (χ0n) is 23.3. The molecule has 8 nitrogen and oxygen atoms in total. The first-order valence-electron chi connectivity index (χ1n) is 14.6. The number of benzene rings is 2. The Morgan fingerprint density at radius 2 is 1.85 bits per heavy atom. The van der Waals surface area contributed by atoms with E-state index in [0.717, 1.165) is 70.9 Å². The van der Waals surface area contributed by atoms with Gasteiger partial charge in [0, 0.05) is 36.3 Å². The Morgan fingerprint density at radius 1 is 1.00 bits per heavy atom. The summed E-state index contributed by atoms with van der Waals surface area (Å²) in [5, 5.41) is 21.6. The lowest BCUT2D eigenvalue weighted by molar-refractivity contribution is 0.0996. The third-order valence-corrected chi connectivity index (χ3v) is 8.73. The van der Waals surface area contributed by atoms with Crippen molar-refractivity contribution >= 4 is 11.7 Å². The summed E-state index contributed by atoms with van der Waals surface area (Å²) in [6, 6.07) is 18.3. The number of aromatic nitrogens is 4. The second kappa shape index (κ2) is 10.6. The maximum Gasteiger partial charge on any atom is 0.260 e. The minimum atomic E-state index is -0.00241. The van der Waals surface area contributed by atoms with E-state index in [4.69, 9.17) is 4.98 Å². The van der Waals surface area contributed by atoms with Gasteiger partial charge in [0.05, 0.1) is 18.2 Å².